The zero-order chi connectivity index (χ0) is 17.1. The summed E-state index contributed by atoms with van der Waals surface area (Å²) in [6.45, 7) is 11.0. The van der Waals surface area contributed by atoms with E-state index in [0.717, 1.165) is 30.6 Å². The number of esters is 1. The maximum Gasteiger partial charge on any atom is 0.302 e. The number of hydrogen-bond donors (Lipinski definition) is 0. The summed E-state index contributed by atoms with van der Waals surface area (Å²) in [5, 5.41) is 0. The van der Waals surface area contributed by atoms with Gasteiger partial charge in [0.25, 0.3) is 0 Å². The topological polar surface area (TPSA) is 26.3 Å². The van der Waals surface area contributed by atoms with E-state index in [1.54, 1.807) is 5.57 Å². The lowest BCUT2D eigenvalue weighted by Crippen LogP contribution is -2.49. The Morgan fingerprint density at radius 1 is 1.17 bits per heavy atom. The van der Waals surface area contributed by atoms with Gasteiger partial charge in [-0.25, -0.2) is 0 Å². The van der Waals surface area contributed by atoms with Gasteiger partial charge in [0.2, 0.25) is 0 Å². The molecule has 0 N–H and O–H groups in total. The van der Waals surface area contributed by atoms with Gasteiger partial charge in [0.15, 0.2) is 0 Å². The molecule has 0 aliphatic heterocycles. The molecular weight excluding hydrogens is 296 g/mol. The summed E-state index contributed by atoms with van der Waals surface area (Å²) in [6.07, 6.45) is 12.3. The Kier molecular flexibility index (Phi) is 3.75. The van der Waals surface area contributed by atoms with Crippen LogP contribution in [0.5, 0.6) is 0 Å². The SMILES string of the molecule is C=C1CC[C@H]2[C@@H]3CC=C4C[C@@H](OC(C)=O)CC[C@]4(C)[C@H]3CC[C@]12C. The van der Waals surface area contributed by atoms with Crippen LogP contribution in [0.1, 0.15) is 72.1 Å². The molecule has 0 amide bonds. The van der Waals surface area contributed by atoms with Gasteiger partial charge in [-0.05, 0) is 73.5 Å². The molecule has 132 valence electrons. The number of fused-ring (bicyclic) bond motifs is 5. The number of carbonyl (C=O) groups is 1. The molecule has 24 heavy (non-hydrogen) atoms. The fourth-order valence-electron chi connectivity index (χ4n) is 6.87. The van der Waals surface area contributed by atoms with Gasteiger partial charge in [0.1, 0.15) is 6.10 Å². The van der Waals surface area contributed by atoms with Crippen molar-refractivity contribution >= 4 is 5.97 Å². The lowest BCUT2D eigenvalue weighted by atomic mass is 9.48. The monoisotopic (exact) mass is 328 g/mol. The fourth-order valence-corrected chi connectivity index (χ4v) is 6.87. The van der Waals surface area contributed by atoms with Crippen molar-refractivity contribution in [1.29, 1.82) is 0 Å². The molecule has 0 unspecified atom stereocenters. The Morgan fingerprint density at radius 3 is 2.62 bits per heavy atom. The second-order valence-electron chi connectivity index (χ2n) is 9.33. The fraction of sp³-hybridized carbons (Fsp3) is 0.773. The molecule has 2 heteroatoms. The van der Waals surface area contributed by atoms with Crippen LogP contribution in [0.4, 0.5) is 0 Å². The van der Waals surface area contributed by atoms with Crippen molar-refractivity contribution in [2.75, 3.05) is 0 Å². The molecule has 2 nitrogen and oxygen atoms in total. The Labute approximate surface area is 146 Å². The minimum absolute atomic E-state index is 0.110. The van der Waals surface area contributed by atoms with E-state index in [2.05, 4.69) is 26.5 Å². The molecule has 4 rings (SSSR count). The number of carbonyl (C=O) groups excluding carboxylic acids is 1. The largest absolute Gasteiger partial charge is 0.462 e. The van der Waals surface area contributed by atoms with Gasteiger partial charge in [-0.3, -0.25) is 4.79 Å². The van der Waals surface area contributed by atoms with Gasteiger partial charge in [0, 0.05) is 13.3 Å². The summed E-state index contributed by atoms with van der Waals surface area (Å²) in [5.74, 6) is 2.36. The van der Waals surface area contributed by atoms with Crippen LogP contribution < -0.4 is 0 Å². The first-order valence-electron chi connectivity index (χ1n) is 9.89. The highest BCUT2D eigenvalue weighted by atomic mass is 16.5. The standard InChI is InChI=1S/C22H32O2/c1-14-5-8-19-18-7-6-16-13-17(24-15(2)23)9-11-22(16,4)20(18)10-12-21(14,19)3/h6,17-20H,1,5,7-13H2,2-4H3/t17-,18-,19-,20-,21+,22-/m0/s1. The number of hydrogen-bond acceptors (Lipinski definition) is 2. The number of allylic oxidation sites excluding steroid dienone is 2. The predicted molar refractivity (Wildman–Crippen MR) is 96.4 cm³/mol. The van der Waals surface area contributed by atoms with Crippen molar-refractivity contribution in [2.24, 2.45) is 28.6 Å². The summed E-state index contributed by atoms with van der Waals surface area (Å²) >= 11 is 0. The van der Waals surface area contributed by atoms with Gasteiger partial charge in [-0.2, -0.15) is 0 Å². The third-order valence-electron chi connectivity index (χ3n) is 8.35. The van der Waals surface area contributed by atoms with E-state index in [4.69, 9.17) is 4.74 Å². The molecule has 4 aliphatic rings. The minimum atomic E-state index is -0.129. The van der Waals surface area contributed by atoms with Gasteiger partial charge in [-0.15, -0.1) is 0 Å². The molecule has 3 saturated carbocycles. The predicted octanol–water partition coefficient (Wildman–Crippen LogP) is 5.44. The average Bonchev–Trinajstić information content (AvgIpc) is 2.83. The van der Waals surface area contributed by atoms with E-state index in [1.165, 1.54) is 51.0 Å². The van der Waals surface area contributed by atoms with Gasteiger partial charge < -0.3 is 4.74 Å². The lowest BCUT2D eigenvalue weighted by molar-refractivity contribution is -0.148. The van der Waals surface area contributed by atoms with Crippen LogP contribution in [0.2, 0.25) is 0 Å². The first kappa shape index (κ1) is 16.4. The van der Waals surface area contributed by atoms with Gasteiger partial charge >= 0.3 is 5.97 Å². The Morgan fingerprint density at radius 2 is 1.88 bits per heavy atom. The Balaban J connectivity index is 1.60. The van der Waals surface area contributed by atoms with Crippen LogP contribution >= 0.6 is 0 Å². The van der Waals surface area contributed by atoms with E-state index >= 15 is 0 Å². The zero-order valence-corrected chi connectivity index (χ0v) is 15.6. The normalized spacial score (nSPS) is 47.3. The van der Waals surface area contributed by atoms with E-state index in [0.29, 0.717) is 10.8 Å². The smallest absolute Gasteiger partial charge is 0.302 e. The Hall–Kier alpha value is -1.05. The minimum Gasteiger partial charge on any atom is -0.462 e. The first-order chi connectivity index (χ1) is 11.3. The molecule has 0 bridgehead atoms. The summed E-state index contributed by atoms with van der Waals surface area (Å²) in [4.78, 5) is 11.3. The molecule has 0 aromatic rings. The van der Waals surface area contributed by atoms with E-state index < -0.39 is 0 Å². The Bertz CT molecular complexity index is 603. The molecular formula is C22H32O2. The molecule has 0 aromatic carbocycles. The van der Waals surface area contributed by atoms with Crippen molar-refractivity contribution in [3.8, 4) is 0 Å². The van der Waals surface area contributed by atoms with Crippen molar-refractivity contribution in [3.05, 3.63) is 23.8 Å². The highest BCUT2D eigenvalue weighted by Crippen LogP contribution is 2.65. The van der Waals surface area contributed by atoms with Crippen molar-refractivity contribution in [2.45, 2.75) is 78.2 Å². The first-order valence-corrected chi connectivity index (χ1v) is 9.89. The van der Waals surface area contributed by atoms with Crippen molar-refractivity contribution in [1.82, 2.24) is 0 Å². The van der Waals surface area contributed by atoms with Crippen molar-refractivity contribution in [3.63, 3.8) is 0 Å². The van der Waals surface area contributed by atoms with Gasteiger partial charge in [0.05, 0.1) is 0 Å². The highest BCUT2D eigenvalue weighted by Gasteiger charge is 2.56. The summed E-state index contributed by atoms with van der Waals surface area (Å²) in [5.41, 5.74) is 3.84. The maximum atomic E-state index is 11.3. The van der Waals surface area contributed by atoms with Crippen LogP contribution in [0.25, 0.3) is 0 Å². The summed E-state index contributed by atoms with van der Waals surface area (Å²) < 4.78 is 5.53. The van der Waals surface area contributed by atoms with Crippen LogP contribution in [-0.4, -0.2) is 12.1 Å². The average molecular weight is 328 g/mol. The van der Waals surface area contributed by atoms with E-state index in [1.807, 2.05) is 0 Å². The lowest BCUT2D eigenvalue weighted by Gasteiger charge is -2.57. The molecule has 6 atom stereocenters. The molecule has 0 aromatic heterocycles. The third-order valence-corrected chi connectivity index (χ3v) is 8.35. The molecule has 0 saturated heterocycles. The summed E-state index contributed by atoms with van der Waals surface area (Å²) in [7, 11) is 0. The van der Waals surface area contributed by atoms with Crippen LogP contribution in [0, 0.1) is 28.6 Å². The van der Waals surface area contributed by atoms with Crippen LogP contribution in [0.3, 0.4) is 0 Å². The van der Waals surface area contributed by atoms with Crippen LogP contribution in [0.15, 0.2) is 23.8 Å². The molecule has 0 radical (unpaired) electrons. The zero-order valence-electron chi connectivity index (χ0n) is 15.6. The van der Waals surface area contributed by atoms with Crippen molar-refractivity contribution < 1.29 is 9.53 Å². The molecule has 0 spiro atoms. The number of ether oxygens (including phenoxy) is 1. The third kappa shape index (κ3) is 2.24. The quantitative estimate of drug-likeness (QED) is 0.473. The number of rotatable bonds is 1. The highest BCUT2D eigenvalue weighted by molar-refractivity contribution is 5.66. The second kappa shape index (κ2) is 5.47. The maximum absolute atomic E-state index is 11.3. The molecule has 0 heterocycles. The van der Waals surface area contributed by atoms with Crippen LogP contribution in [-0.2, 0) is 9.53 Å². The van der Waals surface area contributed by atoms with Gasteiger partial charge in [-0.1, -0.05) is 37.6 Å². The molecule has 4 aliphatic carbocycles. The van der Waals surface area contributed by atoms with E-state index in [9.17, 15) is 4.79 Å². The van der Waals surface area contributed by atoms with E-state index in [-0.39, 0.29) is 12.1 Å². The summed E-state index contributed by atoms with van der Waals surface area (Å²) in [6, 6.07) is 0. The molecule has 3 fully saturated rings. The second-order valence-corrected chi connectivity index (χ2v) is 9.33.